The highest BCUT2D eigenvalue weighted by atomic mass is 35.5. The van der Waals surface area contributed by atoms with Gasteiger partial charge in [0.25, 0.3) is 0 Å². The molecule has 2 aromatic carbocycles. The minimum atomic E-state index is -3.70. The summed E-state index contributed by atoms with van der Waals surface area (Å²) in [6.07, 6.45) is 0.0828. The molecule has 1 aliphatic heterocycles. The number of hydrogen-bond donors (Lipinski definition) is 0. The molecule has 24 heavy (non-hydrogen) atoms. The van der Waals surface area contributed by atoms with E-state index in [0.29, 0.717) is 16.1 Å². The summed E-state index contributed by atoms with van der Waals surface area (Å²) >= 11 is 12.2. The number of halogens is 2. The first-order valence-electron chi connectivity index (χ1n) is 7.37. The van der Waals surface area contributed by atoms with Crippen LogP contribution < -0.4 is 0 Å². The standard InChI is InChI=1S/C17H15Cl2NO3S/c1-11-2-4-14(5-3-11)24(22,23)20-7-6-16(21)17-12(10-20)8-13(18)9-15(17)19/h2-5,8-9H,6-7,10H2,1H3. The van der Waals surface area contributed by atoms with Gasteiger partial charge in [-0.1, -0.05) is 40.9 Å². The van der Waals surface area contributed by atoms with Gasteiger partial charge in [-0.15, -0.1) is 0 Å². The van der Waals surface area contributed by atoms with Crippen LogP contribution in [0, 0.1) is 6.92 Å². The van der Waals surface area contributed by atoms with Crippen molar-refractivity contribution < 1.29 is 13.2 Å². The second-order valence-electron chi connectivity index (χ2n) is 5.75. The second-order valence-corrected chi connectivity index (χ2v) is 8.53. The average molecular weight is 384 g/mol. The summed E-state index contributed by atoms with van der Waals surface area (Å²) in [6, 6.07) is 9.75. The Morgan fingerprint density at radius 3 is 2.42 bits per heavy atom. The normalized spacial score (nSPS) is 15.9. The molecule has 3 rings (SSSR count). The Kier molecular flexibility index (Phi) is 4.71. The maximum atomic E-state index is 12.9. The van der Waals surface area contributed by atoms with Crippen LogP contribution in [-0.2, 0) is 16.6 Å². The van der Waals surface area contributed by atoms with Crippen LogP contribution in [0.25, 0.3) is 0 Å². The van der Waals surface area contributed by atoms with Gasteiger partial charge in [-0.05, 0) is 36.8 Å². The molecule has 126 valence electrons. The summed E-state index contributed by atoms with van der Waals surface area (Å²) in [7, 11) is -3.70. The SMILES string of the molecule is Cc1ccc(S(=O)(=O)N2CCC(=O)c3c(Cl)cc(Cl)cc3C2)cc1. The molecule has 0 radical (unpaired) electrons. The number of fused-ring (bicyclic) bond motifs is 1. The fourth-order valence-corrected chi connectivity index (χ4v) is 4.81. The van der Waals surface area contributed by atoms with Gasteiger partial charge in [0.05, 0.1) is 9.92 Å². The number of nitrogens with zero attached hydrogens (tertiary/aromatic N) is 1. The maximum Gasteiger partial charge on any atom is 0.243 e. The van der Waals surface area contributed by atoms with E-state index < -0.39 is 10.0 Å². The number of carbonyl (C=O) groups is 1. The van der Waals surface area contributed by atoms with Crippen molar-refractivity contribution in [3.63, 3.8) is 0 Å². The molecule has 4 nitrogen and oxygen atoms in total. The van der Waals surface area contributed by atoms with Gasteiger partial charge in [-0.2, -0.15) is 4.31 Å². The first kappa shape index (κ1) is 17.4. The van der Waals surface area contributed by atoms with Crippen LogP contribution in [0.1, 0.15) is 27.9 Å². The lowest BCUT2D eigenvalue weighted by Crippen LogP contribution is -2.31. The Morgan fingerprint density at radius 2 is 1.75 bits per heavy atom. The predicted octanol–water partition coefficient (Wildman–Crippen LogP) is 4.08. The second kappa shape index (κ2) is 6.48. The number of rotatable bonds is 2. The molecule has 0 amide bonds. The van der Waals surface area contributed by atoms with E-state index in [1.165, 1.54) is 10.4 Å². The third kappa shape index (κ3) is 3.22. The first-order valence-corrected chi connectivity index (χ1v) is 9.56. The highest BCUT2D eigenvalue weighted by Gasteiger charge is 2.30. The Morgan fingerprint density at radius 1 is 1.08 bits per heavy atom. The number of ketones is 1. The highest BCUT2D eigenvalue weighted by molar-refractivity contribution is 7.89. The van der Waals surface area contributed by atoms with Crippen LogP contribution >= 0.6 is 23.2 Å². The van der Waals surface area contributed by atoms with Crippen LogP contribution in [0.15, 0.2) is 41.3 Å². The minimum absolute atomic E-state index is 0.0670. The summed E-state index contributed by atoms with van der Waals surface area (Å²) in [5.41, 5.74) is 1.87. The van der Waals surface area contributed by atoms with Crippen molar-refractivity contribution in [3.8, 4) is 0 Å². The van der Waals surface area contributed by atoms with Gasteiger partial charge in [0.15, 0.2) is 5.78 Å². The zero-order chi connectivity index (χ0) is 17.5. The summed E-state index contributed by atoms with van der Waals surface area (Å²) in [6.45, 7) is 2.07. The van der Waals surface area contributed by atoms with Crippen LogP contribution in [-0.4, -0.2) is 25.1 Å². The Labute approximate surface area is 151 Å². The predicted molar refractivity (Wildman–Crippen MR) is 94.2 cm³/mol. The van der Waals surface area contributed by atoms with Crippen molar-refractivity contribution in [2.24, 2.45) is 0 Å². The van der Waals surface area contributed by atoms with E-state index in [1.54, 1.807) is 30.3 Å². The van der Waals surface area contributed by atoms with E-state index in [9.17, 15) is 13.2 Å². The van der Waals surface area contributed by atoms with E-state index in [1.807, 2.05) is 6.92 Å². The number of Topliss-reactive ketones (excluding diaryl/α,β-unsaturated/α-hetero) is 1. The van der Waals surface area contributed by atoms with Crippen LogP contribution in [0.4, 0.5) is 0 Å². The Hall–Kier alpha value is -1.40. The lowest BCUT2D eigenvalue weighted by molar-refractivity contribution is 0.0981. The molecule has 2 aromatic rings. The van der Waals surface area contributed by atoms with Crippen LogP contribution in [0.2, 0.25) is 10.0 Å². The molecule has 0 fully saturated rings. The molecule has 1 heterocycles. The molecule has 0 aromatic heterocycles. The van der Waals surface area contributed by atoms with E-state index in [-0.39, 0.29) is 35.2 Å². The highest BCUT2D eigenvalue weighted by Crippen LogP contribution is 2.31. The van der Waals surface area contributed by atoms with Gasteiger partial charge in [-0.3, -0.25) is 4.79 Å². The van der Waals surface area contributed by atoms with E-state index >= 15 is 0 Å². The molecule has 0 unspecified atom stereocenters. The lowest BCUT2D eigenvalue weighted by atomic mass is 10.0. The summed E-state index contributed by atoms with van der Waals surface area (Å²) in [5, 5.41) is 0.637. The van der Waals surface area contributed by atoms with Crippen molar-refractivity contribution >= 4 is 39.0 Å². The van der Waals surface area contributed by atoms with Crippen LogP contribution in [0.5, 0.6) is 0 Å². The van der Waals surface area contributed by atoms with Crippen molar-refractivity contribution in [2.45, 2.75) is 24.8 Å². The lowest BCUT2D eigenvalue weighted by Gasteiger charge is -2.20. The summed E-state index contributed by atoms with van der Waals surface area (Å²) in [4.78, 5) is 12.5. The van der Waals surface area contributed by atoms with Crippen LogP contribution in [0.3, 0.4) is 0 Å². The molecular weight excluding hydrogens is 369 g/mol. The molecule has 0 atom stereocenters. The number of sulfonamides is 1. The minimum Gasteiger partial charge on any atom is -0.294 e. The largest absolute Gasteiger partial charge is 0.294 e. The van der Waals surface area contributed by atoms with Crippen molar-refractivity contribution in [2.75, 3.05) is 6.54 Å². The smallest absolute Gasteiger partial charge is 0.243 e. The monoisotopic (exact) mass is 383 g/mol. The fourth-order valence-electron chi connectivity index (χ4n) is 2.75. The zero-order valence-corrected chi connectivity index (χ0v) is 15.2. The van der Waals surface area contributed by atoms with Gasteiger partial charge < -0.3 is 0 Å². The fraction of sp³-hybridized carbons (Fsp3) is 0.235. The third-order valence-electron chi connectivity index (χ3n) is 4.01. The van der Waals surface area contributed by atoms with Gasteiger partial charge in [0.2, 0.25) is 10.0 Å². The van der Waals surface area contributed by atoms with Gasteiger partial charge in [0, 0.05) is 30.1 Å². The van der Waals surface area contributed by atoms with E-state index in [0.717, 1.165) is 5.56 Å². The Bertz CT molecular complexity index is 908. The van der Waals surface area contributed by atoms with Gasteiger partial charge in [0.1, 0.15) is 0 Å². The topological polar surface area (TPSA) is 54.5 Å². The molecule has 1 aliphatic rings. The van der Waals surface area contributed by atoms with Gasteiger partial charge >= 0.3 is 0 Å². The zero-order valence-electron chi connectivity index (χ0n) is 12.9. The summed E-state index contributed by atoms with van der Waals surface area (Å²) < 4.78 is 27.1. The molecule has 0 spiro atoms. The van der Waals surface area contributed by atoms with Crippen molar-refractivity contribution in [1.82, 2.24) is 4.31 Å². The number of hydrogen-bond acceptors (Lipinski definition) is 3. The molecule has 7 heteroatoms. The number of benzene rings is 2. The van der Waals surface area contributed by atoms with E-state index in [2.05, 4.69) is 0 Å². The van der Waals surface area contributed by atoms with E-state index in [4.69, 9.17) is 23.2 Å². The first-order chi connectivity index (χ1) is 11.3. The van der Waals surface area contributed by atoms with Crippen molar-refractivity contribution in [1.29, 1.82) is 0 Å². The van der Waals surface area contributed by atoms with Crippen molar-refractivity contribution in [3.05, 3.63) is 63.1 Å². The number of carbonyl (C=O) groups excluding carboxylic acids is 1. The van der Waals surface area contributed by atoms with Gasteiger partial charge in [-0.25, -0.2) is 8.42 Å². The molecule has 0 saturated heterocycles. The average Bonchev–Trinajstić information content (AvgIpc) is 2.67. The molecule has 0 saturated carbocycles. The molecule has 0 aliphatic carbocycles. The summed E-state index contributed by atoms with van der Waals surface area (Å²) in [5.74, 6) is -0.173. The maximum absolute atomic E-state index is 12.9. The quantitative estimate of drug-likeness (QED) is 0.784. The third-order valence-corrected chi connectivity index (χ3v) is 6.38. The molecule has 0 bridgehead atoms. The Balaban J connectivity index is 2.04. The number of aryl methyl sites for hydroxylation is 1. The molecular formula is C17H15Cl2NO3S. The molecule has 0 N–H and O–H groups in total.